The Hall–Kier alpha value is -3.29. The van der Waals surface area contributed by atoms with E-state index in [1.807, 2.05) is 31.1 Å². The van der Waals surface area contributed by atoms with E-state index in [2.05, 4.69) is 20.2 Å². The number of carbonyl (C=O) groups excluding carboxylic acids is 1. The second-order valence-corrected chi connectivity index (χ2v) is 5.86. The SMILES string of the molecule is CN(Cc1cnc(N(C)C)nc1)C(=O)c1ccc(-n2cnnc2)cc1. The molecule has 25 heavy (non-hydrogen) atoms. The van der Waals surface area contributed by atoms with Crippen LogP contribution >= 0.6 is 0 Å². The van der Waals surface area contributed by atoms with Gasteiger partial charge in [0.05, 0.1) is 0 Å². The molecule has 0 atom stereocenters. The highest BCUT2D eigenvalue weighted by atomic mass is 16.2. The summed E-state index contributed by atoms with van der Waals surface area (Å²) < 4.78 is 1.78. The number of amides is 1. The maximum absolute atomic E-state index is 12.6. The van der Waals surface area contributed by atoms with Crippen molar-refractivity contribution in [2.24, 2.45) is 0 Å². The molecule has 0 N–H and O–H groups in total. The van der Waals surface area contributed by atoms with E-state index in [0.717, 1.165) is 11.3 Å². The highest BCUT2D eigenvalue weighted by Gasteiger charge is 2.13. The van der Waals surface area contributed by atoms with E-state index < -0.39 is 0 Å². The zero-order chi connectivity index (χ0) is 17.8. The Morgan fingerprint density at radius 1 is 1.00 bits per heavy atom. The molecule has 0 unspecified atom stereocenters. The fourth-order valence-corrected chi connectivity index (χ4v) is 2.34. The van der Waals surface area contributed by atoms with Gasteiger partial charge in [-0.2, -0.15) is 0 Å². The average molecular weight is 337 g/mol. The minimum atomic E-state index is -0.0630. The van der Waals surface area contributed by atoms with Crippen molar-refractivity contribution in [3.05, 3.63) is 60.4 Å². The zero-order valence-electron chi connectivity index (χ0n) is 14.4. The number of rotatable bonds is 5. The van der Waals surface area contributed by atoms with Gasteiger partial charge in [0.25, 0.3) is 5.91 Å². The molecule has 0 aliphatic rings. The summed E-state index contributed by atoms with van der Waals surface area (Å²) in [5.41, 5.74) is 2.39. The standard InChI is InChI=1S/C17H19N7O/c1-22(2)17-18-8-13(9-19-17)10-23(3)16(25)14-4-6-15(7-5-14)24-11-20-21-12-24/h4-9,11-12H,10H2,1-3H3. The Kier molecular flexibility index (Phi) is 4.69. The lowest BCUT2D eigenvalue weighted by atomic mass is 10.1. The number of aromatic nitrogens is 5. The van der Waals surface area contributed by atoms with Crippen molar-refractivity contribution in [1.29, 1.82) is 0 Å². The quantitative estimate of drug-likeness (QED) is 0.700. The molecule has 1 amide bonds. The van der Waals surface area contributed by atoms with Crippen LogP contribution in [0.2, 0.25) is 0 Å². The number of nitrogens with zero attached hydrogens (tertiary/aromatic N) is 7. The molecule has 0 saturated carbocycles. The topological polar surface area (TPSA) is 80.0 Å². The summed E-state index contributed by atoms with van der Waals surface area (Å²) in [5, 5.41) is 7.54. The largest absolute Gasteiger partial charge is 0.347 e. The number of hydrogen-bond acceptors (Lipinski definition) is 6. The number of hydrogen-bond donors (Lipinski definition) is 0. The van der Waals surface area contributed by atoms with E-state index in [0.29, 0.717) is 18.1 Å². The van der Waals surface area contributed by atoms with Crippen LogP contribution in [0.3, 0.4) is 0 Å². The molecule has 2 heterocycles. The van der Waals surface area contributed by atoms with Crippen LogP contribution in [0, 0.1) is 0 Å². The van der Waals surface area contributed by atoms with Crippen molar-refractivity contribution in [2.45, 2.75) is 6.54 Å². The second kappa shape index (κ2) is 7.08. The van der Waals surface area contributed by atoms with Gasteiger partial charge in [0.15, 0.2) is 0 Å². The van der Waals surface area contributed by atoms with Gasteiger partial charge in [0.2, 0.25) is 5.95 Å². The molecular formula is C17H19N7O. The van der Waals surface area contributed by atoms with E-state index >= 15 is 0 Å². The summed E-state index contributed by atoms with van der Waals surface area (Å²) in [6.45, 7) is 0.444. The fourth-order valence-electron chi connectivity index (χ4n) is 2.34. The van der Waals surface area contributed by atoms with Crippen LogP contribution in [0.1, 0.15) is 15.9 Å². The van der Waals surface area contributed by atoms with Crippen molar-refractivity contribution < 1.29 is 4.79 Å². The summed E-state index contributed by atoms with van der Waals surface area (Å²) in [6, 6.07) is 7.30. The Morgan fingerprint density at radius 2 is 1.60 bits per heavy atom. The lowest BCUT2D eigenvalue weighted by molar-refractivity contribution is 0.0785. The maximum Gasteiger partial charge on any atom is 0.253 e. The van der Waals surface area contributed by atoms with Gasteiger partial charge in [-0.05, 0) is 24.3 Å². The molecular weight excluding hydrogens is 318 g/mol. The van der Waals surface area contributed by atoms with Crippen LogP contribution in [0.5, 0.6) is 0 Å². The Balaban J connectivity index is 1.67. The first kappa shape index (κ1) is 16.6. The minimum absolute atomic E-state index is 0.0630. The van der Waals surface area contributed by atoms with Crippen LogP contribution in [-0.4, -0.2) is 56.7 Å². The summed E-state index contributed by atoms with van der Waals surface area (Å²) in [7, 11) is 5.53. The molecule has 0 fully saturated rings. The highest BCUT2D eigenvalue weighted by Crippen LogP contribution is 2.12. The van der Waals surface area contributed by atoms with Crippen LogP contribution in [-0.2, 0) is 6.54 Å². The van der Waals surface area contributed by atoms with Gasteiger partial charge in [0.1, 0.15) is 12.7 Å². The third-order valence-corrected chi connectivity index (χ3v) is 3.69. The van der Waals surface area contributed by atoms with Gasteiger partial charge in [-0.25, -0.2) is 9.97 Å². The first-order valence-electron chi connectivity index (χ1n) is 7.73. The van der Waals surface area contributed by atoms with E-state index in [1.54, 1.807) is 53.7 Å². The van der Waals surface area contributed by atoms with Gasteiger partial charge in [-0.15, -0.1) is 10.2 Å². The van der Waals surface area contributed by atoms with Gasteiger partial charge >= 0.3 is 0 Å². The molecule has 8 nitrogen and oxygen atoms in total. The average Bonchev–Trinajstić information content (AvgIpc) is 3.16. The number of carbonyl (C=O) groups is 1. The number of benzene rings is 1. The summed E-state index contributed by atoms with van der Waals surface area (Å²) in [6.07, 6.45) is 6.70. The molecule has 2 aromatic heterocycles. The van der Waals surface area contributed by atoms with Gasteiger partial charge in [-0.1, -0.05) is 0 Å². The van der Waals surface area contributed by atoms with Crippen LogP contribution < -0.4 is 4.90 Å². The van der Waals surface area contributed by atoms with Crippen LogP contribution in [0.4, 0.5) is 5.95 Å². The maximum atomic E-state index is 12.6. The first-order valence-corrected chi connectivity index (χ1v) is 7.73. The molecule has 8 heteroatoms. The van der Waals surface area contributed by atoms with Gasteiger partial charge < -0.3 is 9.80 Å². The van der Waals surface area contributed by atoms with Gasteiger partial charge in [0, 0.05) is 56.9 Å². The minimum Gasteiger partial charge on any atom is -0.347 e. The Bertz CT molecular complexity index is 826. The predicted molar refractivity (Wildman–Crippen MR) is 93.5 cm³/mol. The Labute approximate surface area is 145 Å². The molecule has 0 radical (unpaired) electrons. The van der Waals surface area contributed by atoms with Crippen molar-refractivity contribution in [3.8, 4) is 5.69 Å². The van der Waals surface area contributed by atoms with E-state index in [9.17, 15) is 4.79 Å². The van der Waals surface area contributed by atoms with E-state index in [4.69, 9.17) is 0 Å². The van der Waals surface area contributed by atoms with Gasteiger partial charge in [-0.3, -0.25) is 9.36 Å². The van der Waals surface area contributed by atoms with Crippen LogP contribution in [0.15, 0.2) is 49.3 Å². The van der Waals surface area contributed by atoms with E-state index in [1.165, 1.54) is 0 Å². The summed E-state index contributed by atoms with van der Waals surface area (Å²) in [5.74, 6) is 0.578. The molecule has 0 aliphatic heterocycles. The van der Waals surface area contributed by atoms with E-state index in [-0.39, 0.29) is 5.91 Å². The van der Waals surface area contributed by atoms with Crippen LogP contribution in [0.25, 0.3) is 5.69 Å². The number of anilines is 1. The Morgan fingerprint density at radius 3 is 2.16 bits per heavy atom. The smallest absolute Gasteiger partial charge is 0.253 e. The molecule has 1 aromatic carbocycles. The van der Waals surface area contributed by atoms with Crippen molar-refractivity contribution in [3.63, 3.8) is 0 Å². The molecule has 3 aromatic rings. The highest BCUT2D eigenvalue weighted by molar-refractivity contribution is 5.94. The first-order chi connectivity index (χ1) is 12.0. The molecule has 3 rings (SSSR count). The fraction of sp³-hybridized carbons (Fsp3) is 0.235. The van der Waals surface area contributed by atoms with Crippen molar-refractivity contribution >= 4 is 11.9 Å². The molecule has 128 valence electrons. The molecule has 0 spiro atoms. The predicted octanol–water partition coefficient (Wildman–Crippen LogP) is 1.40. The van der Waals surface area contributed by atoms with Crippen molar-refractivity contribution in [1.82, 2.24) is 29.6 Å². The molecule has 0 aliphatic carbocycles. The summed E-state index contributed by atoms with van der Waals surface area (Å²) in [4.78, 5) is 24.6. The molecule has 0 bridgehead atoms. The normalized spacial score (nSPS) is 10.5. The molecule has 0 saturated heterocycles. The third kappa shape index (κ3) is 3.79. The second-order valence-electron chi connectivity index (χ2n) is 5.86. The third-order valence-electron chi connectivity index (χ3n) is 3.69. The lowest BCUT2D eigenvalue weighted by Gasteiger charge is -2.18. The summed E-state index contributed by atoms with van der Waals surface area (Å²) >= 11 is 0. The lowest BCUT2D eigenvalue weighted by Crippen LogP contribution is -2.26. The van der Waals surface area contributed by atoms with Crippen molar-refractivity contribution in [2.75, 3.05) is 26.0 Å². The monoisotopic (exact) mass is 337 g/mol. The zero-order valence-corrected chi connectivity index (χ0v) is 14.4.